The van der Waals surface area contributed by atoms with E-state index in [-0.39, 0.29) is 76.9 Å². The number of carbonyl (C=O) groups excluding carboxylic acids is 6. The normalized spacial score (nSPS) is 17.7. The van der Waals surface area contributed by atoms with Gasteiger partial charge in [-0.25, -0.2) is 0 Å². The van der Waals surface area contributed by atoms with Crippen LogP contribution in [-0.2, 0) is 58.5 Å². The Hall–Kier alpha value is -8.80. The van der Waals surface area contributed by atoms with Crippen LogP contribution < -0.4 is 28.7 Å². The van der Waals surface area contributed by atoms with E-state index in [9.17, 15) is 28.8 Å². The lowest BCUT2D eigenvalue weighted by molar-refractivity contribution is -0.155. The third-order valence-corrected chi connectivity index (χ3v) is 19.2. The molecule has 0 N–H and O–H groups in total. The summed E-state index contributed by atoms with van der Waals surface area (Å²) in [5, 5.41) is 3.36. The van der Waals surface area contributed by atoms with Gasteiger partial charge in [-0.05, 0) is 161 Å². The van der Waals surface area contributed by atoms with Crippen molar-refractivity contribution in [1.82, 2.24) is 0 Å². The Bertz CT molecular complexity index is 3640. The number of para-hydroxylation sites is 2. The van der Waals surface area contributed by atoms with Crippen molar-refractivity contribution in [1.29, 1.82) is 0 Å². The number of nitrogens with zero attached hydrogens (tertiary/aromatic N) is 4. The molecule has 4 aliphatic rings. The molecule has 0 saturated heterocycles. The Kier molecular flexibility index (Phi) is 21.4. The van der Waals surface area contributed by atoms with E-state index in [1.165, 1.54) is 11.1 Å². The lowest BCUT2D eigenvalue weighted by Gasteiger charge is -2.46. The molecule has 0 bridgehead atoms. The zero-order chi connectivity index (χ0) is 67.7. The quantitative estimate of drug-likeness (QED) is 0.0178. The Labute approximate surface area is 558 Å². The van der Waals surface area contributed by atoms with Crippen LogP contribution in [0.5, 0.6) is 23.0 Å². The lowest BCUT2D eigenvalue weighted by atomic mass is 9.77. The van der Waals surface area contributed by atoms with Crippen molar-refractivity contribution in [3.63, 3.8) is 0 Å². The van der Waals surface area contributed by atoms with Crippen LogP contribution >= 0.6 is 0 Å². The van der Waals surface area contributed by atoms with Crippen molar-refractivity contribution in [2.24, 2.45) is 27.2 Å². The number of carbonyl (C=O) groups is 6. The monoisotopic (exact) mass is 1300 g/mol. The molecule has 0 saturated carbocycles. The first-order valence-corrected chi connectivity index (χ1v) is 33.9. The van der Waals surface area contributed by atoms with E-state index in [1.807, 2.05) is 62.7 Å². The van der Waals surface area contributed by atoms with Crippen LogP contribution in [0.1, 0.15) is 170 Å². The first-order chi connectivity index (χ1) is 45.5. The number of benzene rings is 6. The zero-order valence-corrected chi connectivity index (χ0v) is 56.8. The van der Waals surface area contributed by atoms with Crippen LogP contribution in [0.15, 0.2) is 119 Å². The number of ether oxygens (including phenoxy) is 8. The van der Waals surface area contributed by atoms with Crippen molar-refractivity contribution >= 4 is 92.5 Å². The van der Waals surface area contributed by atoms with E-state index in [0.29, 0.717) is 97.6 Å². The highest BCUT2D eigenvalue weighted by Crippen LogP contribution is 2.57. The largest absolute Gasteiger partial charge is 0.466 e. The SMILES string of the molecule is CCC(CC)(COC(=O)CCCCCOC(=O)CCC(=O)Oc1ccc2ccc3c(c2c1)N=CC1(O3)N(CC(C)C)c2ccccc2C1(C)C)COC(=O)CCCCCOC(=O)CCC(=O)Oc1ccc2ccc3c(c2c1)N=CC1(O3)N(CC(C)C)c2ccccc2C1(C)C. The minimum absolute atomic E-state index is 0.110. The highest BCUT2D eigenvalue weighted by Gasteiger charge is 2.61. The predicted molar refractivity (Wildman–Crippen MR) is 368 cm³/mol. The predicted octanol–water partition coefficient (Wildman–Crippen LogP) is 15.7. The fourth-order valence-electron chi connectivity index (χ4n) is 13.4. The van der Waals surface area contributed by atoms with Gasteiger partial charge in [0.2, 0.25) is 11.4 Å². The summed E-state index contributed by atoms with van der Waals surface area (Å²) in [6, 6.07) is 35.4. The number of fused-ring (bicyclic) bond motifs is 8. The minimum Gasteiger partial charge on any atom is -0.466 e. The molecule has 6 aromatic rings. The fourth-order valence-corrected chi connectivity index (χ4v) is 13.4. The van der Waals surface area contributed by atoms with E-state index in [1.54, 1.807) is 24.3 Å². The Balaban J connectivity index is 0.565. The molecule has 10 rings (SSSR count). The van der Waals surface area contributed by atoms with Gasteiger partial charge < -0.3 is 47.7 Å². The van der Waals surface area contributed by atoms with Gasteiger partial charge in [0.05, 0.1) is 62.2 Å². The summed E-state index contributed by atoms with van der Waals surface area (Å²) in [7, 11) is 0. The topological polar surface area (TPSA) is 207 Å². The molecule has 0 aromatic heterocycles. The maximum absolute atomic E-state index is 13.0. The summed E-state index contributed by atoms with van der Waals surface area (Å²) in [6.45, 7) is 23.6. The molecule has 2 atom stereocenters. The highest BCUT2D eigenvalue weighted by atomic mass is 16.6. The molecular weight excluding hydrogens is 1200 g/mol. The van der Waals surface area contributed by atoms with E-state index < -0.39 is 51.6 Å². The van der Waals surface area contributed by atoms with Crippen molar-refractivity contribution in [2.75, 3.05) is 49.3 Å². The molecule has 18 nitrogen and oxygen atoms in total. The molecule has 0 amide bonds. The smallest absolute Gasteiger partial charge is 0.311 e. The Morgan fingerprint density at radius 3 is 1.24 bits per heavy atom. The molecule has 0 radical (unpaired) electrons. The van der Waals surface area contributed by atoms with Crippen LogP contribution in [0.4, 0.5) is 22.7 Å². The van der Waals surface area contributed by atoms with Gasteiger partial charge in [-0.1, -0.05) is 102 Å². The maximum atomic E-state index is 13.0. The molecule has 18 heteroatoms. The third kappa shape index (κ3) is 14.9. The summed E-state index contributed by atoms with van der Waals surface area (Å²) in [4.78, 5) is 91.5. The molecule has 2 unspecified atom stereocenters. The van der Waals surface area contributed by atoms with E-state index in [2.05, 4.69) is 114 Å². The summed E-state index contributed by atoms with van der Waals surface area (Å²) in [5.74, 6) is -0.220. The third-order valence-electron chi connectivity index (χ3n) is 19.2. The maximum Gasteiger partial charge on any atom is 0.311 e. The Morgan fingerprint density at radius 1 is 0.463 bits per heavy atom. The van der Waals surface area contributed by atoms with Crippen LogP contribution in [0.25, 0.3) is 21.5 Å². The van der Waals surface area contributed by atoms with Gasteiger partial charge in [-0.3, -0.25) is 38.8 Å². The van der Waals surface area contributed by atoms with Gasteiger partial charge in [0, 0.05) is 53.5 Å². The van der Waals surface area contributed by atoms with Crippen LogP contribution in [-0.4, -0.2) is 99.2 Å². The average Bonchev–Trinajstić information content (AvgIpc) is 1.56. The number of esters is 6. The van der Waals surface area contributed by atoms with Crippen molar-refractivity contribution in [3.8, 4) is 23.0 Å². The number of unbranched alkanes of at least 4 members (excludes halogenated alkanes) is 4. The number of hydrogen-bond donors (Lipinski definition) is 0. The summed E-state index contributed by atoms with van der Waals surface area (Å²) in [6.07, 6.45) is 8.22. The fraction of sp³-hybridized carbons (Fsp3) is 0.481. The first-order valence-electron chi connectivity index (χ1n) is 33.9. The molecule has 0 fully saturated rings. The molecule has 2 spiro atoms. The van der Waals surface area contributed by atoms with Crippen LogP contribution in [0, 0.1) is 17.3 Å². The van der Waals surface area contributed by atoms with E-state index in [4.69, 9.17) is 47.9 Å². The van der Waals surface area contributed by atoms with Gasteiger partial charge in [0.25, 0.3) is 0 Å². The van der Waals surface area contributed by atoms with Gasteiger partial charge in [0.1, 0.15) is 47.6 Å². The molecule has 4 heterocycles. The molecule has 4 aliphatic heterocycles. The van der Waals surface area contributed by atoms with Crippen LogP contribution in [0.3, 0.4) is 0 Å². The van der Waals surface area contributed by atoms with Gasteiger partial charge in [-0.15, -0.1) is 0 Å². The second kappa shape index (κ2) is 29.5. The number of anilines is 2. The van der Waals surface area contributed by atoms with Crippen LogP contribution in [0.2, 0.25) is 0 Å². The van der Waals surface area contributed by atoms with Crippen molar-refractivity contribution in [3.05, 3.63) is 120 Å². The molecule has 0 aliphatic carbocycles. The minimum atomic E-state index is -0.845. The Morgan fingerprint density at radius 2 is 0.842 bits per heavy atom. The summed E-state index contributed by atoms with van der Waals surface area (Å²) < 4.78 is 47.5. The van der Waals surface area contributed by atoms with E-state index in [0.717, 1.165) is 46.0 Å². The number of hydrogen-bond acceptors (Lipinski definition) is 18. The molecular formula is C77H92N4O14. The van der Waals surface area contributed by atoms with Gasteiger partial charge in [0.15, 0.2) is 0 Å². The second-order valence-corrected chi connectivity index (χ2v) is 27.5. The lowest BCUT2D eigenvalue weighted by Crippen LogP contribution is -2.62. The van der Waals surface area contributed by atoms with Crippen molar-refractivity contribution < 1.29 is 66.7 Å². The first kappa shape index (κ1) is 69.0. The standard InChI is InChI=1S/C77H92N4O14/c1-11-75(12-2,49-90-65(82)27-15-13-21-41-88-67(84)37-39-69(86)92-55-33-29-53-31-35-63-71(57(53)43-55)78-47-76(94-63)73(7,8)59-23-17-19-25-61(59)80(76)45-51(3)4)50-91-66(83)28-16-14-22-42-89-68(85)38-40-70(87)93-56-34-30-54-32-36-64-72(58(54)44-56)79-48-77(95-64)74(9,10)60-24-18-20-26-62(60)81(77)46-52(5)6/h17-20,23-26,29-36,43-44,47-48,51-52H,11-16,21-22,27-28,37-42,45-46,49-50H2,1-10H3. The van der Waals surface area contributed by atoms with Gasteiger partial charge in [-0.2, -0.15) is 0 Å². The highest BCUT2D eigenvalue weighted by molar-refractivity contribution is 6.02. The van der Waals surface area contributed by atoms with Gasteiger partial charge >= 0.3 is 35.8 Å². The van der Waals surface area contributed by atoms with Crippen molar-refractivity contribution in [2.45, 2.75) is 181 Å². The molecule has 6 aromatic carbocycles. The summed E-state index contributed by atoms with van der Waals surface area (Å²) in [5.41, 5.74) is 2.91. The zero-order valence-electron chi connectivity index (χ0n) is 56.8. The van der Waals surface area contributed by atoms with E-state index >= 15 is 0 Å². The number of rotatable bonds is 30. The summed E-state index contributed by atoms with van der Waals surface area (Å²) >= 11 is 0. The number of aliphatic imine (C=N–C) groups is 2. The molecule has 504 valence electrons. The average molecular weight is 1300 g/mol. The molecule has 95 heavy (non-hydrogen) atoms. The second-order valence-electron chi connectivity index (χ2n) is 27.5.